The van der Waals surface area contributed by atoms with Gasteiger partial charge in [-0.2, -0.15) is 0 Å². The molecule has 0 spiro atoms. The topological polar surface area (TPSA) is 74.8 Å². The van der Waals surface area contributed by atoms with Crippen LogP contribution in [0.3, 0.4) is 0 Å². The zero-order valence-electron chi connectivity index (χ0n) is 17.1. The van der Waals surface area contributed by atoms with Crippen molar-refractivity contribution in [3.63, 3.8) is 0 Å². The van der Waals surface area contributed by atoms with Crippen LogP contribution in [-0.2, 0) is 13.0 Å². The van der Waals surface area contributed by atoms with Gasteiger partial charge in [-0.3, -0.25) is 9.69 Å². The summed E-state index contributed by atoms with van der Waals surface area (Å²) in [6.45, 7) is 9.67. The minimum Gasteiger partial charge on any atom is -0.306 e. The smallest absolute Gasteiger partial charge is 0.255 e. The number of hydrogen-bond donors (Lipinski definition) is 1. The fraction of sp³-hybridized carbons (Fsp3) is 0.545. The van der Waals surface area contributed by atoms with E-state index in [-0.39, 0.29) is 5.56 Å². The molecule has 0 amide bonds. The predicted molar refractivity (Wildman–Crippen MR) is 110 cm³/mol. The molecule has 0 saturated heterocycles. The summed E-state index contributed by atoms with van der Waals surface area (Å²) in [6, 6.07) is 0. The standard InChI is InChI=1S/C22H29N5O/c1-15-5-4-8-22(2,3)18(15)6-9-27-10-7-19-17(13-27)21(28)26-20(25-19)16-11-23-14-24-12-16/h11-12,14H,4-10,13H2,1-3H3,(H,25,26,28). The van der Waals surface area contributed by atoms with Crippen molar-refractivity contribution in [2.75, 3.05) is 13.1 Å². The van der Waals surface area contributed by atoms with E-state index in [9.17, 15) is 4.79 Å². The van der Waals surface area contributed by atoms with E-state index in [1.807, 2.05) is 0 Å². The first-order valence-corrected chi connectivity index (χ1v) is 10.2. The Hall–Kier alpha value is -2.34. The first-order valence-electron chi connectivity index (χ1n) is 10.2. The molecule has 148 valence electrons. The second kappa shape index (κ2) is 7.59. The molecule has 0 radical (unpaired) electrons. The Labute approximate surface area is 166 Å². The number of H-pyrrole nitrogens is 1. The van der Waals surface area contributed by atoms with Gasteiger partial charge in [-0.15, -0.1) is 0 Å². The van der Waals surface area contributed by atoms with Crippen LogP contribution >= 0.6 is 0 Å². The minimum atomic E-state index is -0.0399. The van der Waals surface area contributed by atoms with Crippen molar-refractivity contribution in [1.29, 1.82) is 0 Å². The van der Waals surface area contributed by atoms with Gasteiger partial charge in [0, 0.05) is 38.4 Å². The lowest BCUT2D eigenvalue weighted by Crippen LogP contribution is -2.37. The van der Waals surface area contributed by atoms with Crippen molar-refractivity contribution >= 4 is 0 Å². The van der Waals surface area contributed by atoms with Gasteiger partial charge < -0.3 is 4.98 Å². The summed E-state index contributed by atoms with van der Waals surface area (Å²) in [7, 11) is 0. The SMILES string of the molecule is CC1=C(CCN2CCc3nc(-c4cncnc4)[nH]c(=O)c3C2)C(C)(C)CCC1. The molecule has 2 aliphatic rings. The molecule has 6 nitrogen and oxygen atoms in total. The number of aromatic nitrogens is 4. The molecule has 6 heteroatoms. The van der Waals surface area contributed by atoms with Crippen LogP contribution in [0, 0.1) is 5.41 Å². The second-order valence-electron chi connectivity index (χ2n) is 8.74. The Bertz CT molecular complexity index is 945. The summed E-state index contributed by atoms with van der Waals surface area (Å²) < 4.78 is 0. The highest BCUT2D eigenvalue weighted by Gasteiger charge is 2.29. The van der Waals surface area contributed by atoms with Crippen molar-refractivity contribution in [1.82, 2.24) is 24.8 Å². The van der Waals surface area contributed by atoms with Crippen LogP contribution in [0.25, 0.3) is 11.4 Å². The Kier molecular flexibility index (Phi) is 5.15. The zero-order valence-corrected chi connectivity index (χ0v) is 17.1. The van der Waals surface area contributed by atoms with Gasteiger partial charge in [-0.1, -0.05) is 25.0 Å². The van der Waals surface area contributed by atoms with Crippen LogP contribution in [0.1, 0.15) is 57.7 Å². The van der Waals surface area contributed by atoms with Crippen molar-refractivity contribution in [2.24, 2.45) is 5.41 Å². The van der Waals surface area contributed by atoms with Crippen LogP contribution < -0.4 is 5.56 Å². The van der Waals surface area contributed by atoms with Crippen LogP contribution in [0.2, 0.25) is 0 Å². The van der Waals surface area contributed by atoms with Gasteiger partial charge in [0.15, 0.2) is 0 Å². The van der Waals surface area contributed by atoms with E-state index in [1.165, 1.54) is 25.6 Å². The third-order valence-corrected chi connectivity index (χ3v) is 6.35. The van der Waals surface area contributed by atoms with E-state index in [0.29, 0.717) is 17.8 Å². The second-order valence-corrected chi connectivity index (χ2v) is 8.74. The zero-order chi connectivity index (χ0) is 19.7. The molecule has 1 N–H and O–H groups in total. The molecule has 0 atom stereocenters. The molecule has 28 heavy (non-hydrogen) atoms. The molecule has 0 aromatic carbocycles. The summed E-state index contributed by atoms with van der Waals surface area (Å²) in [5.74, 6) is 0.558. The molecule has 1 aliphatic carbocycles. The van der Waals surface area contributed by atoms with Crippen LogP contribution in [0.4, 0.5) is 0 Å². The Morgan fingerprint density at radius 1 is 1.21 bits per heavy atom. The number of hydrogen-bond acceptors (Lipinski definition) is 5. The lowest BCUT2D eigenvalue weighted by molar-refractivity contribution is 0.242. The summed E-state index contributed by atoms with van der Waals surface area (Å²) in [5.41, 5.74) is 5.92. The van der Waals surface area contributed by atoms with Crippen LogP contribution in [-0.4, -0.2) is 37.9 Å². The monoisotopic (exact) mass is 379 g/mol. The fourth-order valence-corrected chi connectivity index (χ4v) is 4.73. The maximum atomic E-state index is 12.7. The van der Waals surface area contributed by atoms with Gasteiger partial charge in [0.05, 0.1) is 16.8 Å². The highest BCUT2D eigenvalue weighted by Crippen LogP contribution is 2.41. The van der Waals surface area contributed by atoms with E-state index < -0.39 is 0 Å². The van der Waals surface area contributed by atoms with Gasteiger partial charge in [0.1, 0.15) is 12.2 Å². The first-order chi connectivity index (χ1) is 13.4. The molecule has 1 aliphatic heterocycles. The maximum absolute atomic E-state index is 12.7. The molecule has 2 aromatic heterocycles. The third kappa shape index (κ3) is 3.78. The van der Waals surface area contributed by atoms with Gasteiger partial charge in [0.25, 0.3) is 5.56 Å². The molecule has 0 saturated carbocycles. The number of fused-ring (bicyclic) bond motifs is 1. The predicted octanol–water partition coefficient (Wildman–Crippen LogP) is 3.50. The number of allylic oxidation sites excluding steroid dienone is 1. The van der Waals surface area contributed by atoms with E-state index in [0.717, 1.165) is 42.8 Å². The third-order valence-electron chi connectivity index (χ3n) is 6.35. The van der Waals surface area contributed by atoms with Crippen molar-refractivity contribution in [3.8, 4) is 11.4 Å². The quantitative estimate of drug-likeness (QED) is 0.823. The summed E-state index contributed by atoms with van der Waals surface area (Å²) in [6.07, 6.45) is 10.5. The van der Waals surface area contributed by atoms with Crippen LogP contribution in [0.15, 0.2) is 34.7 Å². The minimum absolute atomic E-state index is 0.0399. The molecule has 2 aromatic rings. The van der Waals surface area contributed by atoms with E-state index in [4.69, 9.17) is 4.98 Å². The van der Waals surface area contributed by atoms with E-state index in [1.54, 1.807) is 23.5 Å². The lowest BCUT2D eigenvalue weighted by Gasteiger charge is -2.36. The van der Waals surface area contributed by atoms with Crippen molar-refractivity contribution in [2.45, 2.75) is 59.4 Å². The number of aromatic amines is 1. The Morgan fingerprint density at radius 2 is 2.00 bits per heavy atom. The highest BCUT2D eigenvalue weighted by atomic mass is 16.1. The average molecular weight is 380 g/mol. The summed E-state index contributed by atoms with van der Waals surface area (Å²) in [5, 5.41) is 0. The van der Waals surface area contributed by atoms with Crippen molar-refractivity contribution in [3.05, 3.63) is 51.5 Å². The van der Waals surface area contributed by atoms with E-state index >= 15 is 0 Å². The Balaban J connectivity index is 1.49. The Morgan fingerprint density at radius 3 is 2.75 bits per heavy atom. The molecule has 0 unspecified atom stereocenters. The largest absolute Gasteiger partial charge is 0.306 e. The van der Waals surface area contributed by atoms with Gasteiger partial charge in [-0.05, 0) is 38.0 Å². The van der Waals surface area contributed by atoms with Gasteiger partial charge in [-0.25, -0.2) is 15.0 Å². The van der Waals surface area contributed by atoms with Crippen molar-refractivity contribution < 1.29 is 0 Å². The lowest BCUT2D eigenvalue weighted by atomic mass is 9.71. The molecule has 4 rings (SSSR count). The van der Waals surface area contributed by atoms with Gasteiger partial charge >= 0.3 is 0 Å². The number of nitrogens with one attached hydrogen (secondary N) is 1. The highest BCUT2D eigenvalue weighted by molar-refractivity contribution is 5.52. The number of rotatable bonds is 4. The molecule has 0 fully saturated rings. The maximum Gasteiger partial charge on any atom is 0.255 e. The van der Waals surface area contributed by atoms with Gasteiger partial charge in [0.2, 0.25) is 0 Å². The molecular formula is C22H29N5O. The van der Waals surface area contributed by atoms with Crippen LogP contribution in [0.5, 0.6) is 0 Å². The first kappa shape index (κ1) is 19.0. The molecular weight excluding hydrogens is 350 g/mol. The fourth-order valence-electron chi connectivity index (χ4n) is 4.73. The summed E-state index contributed by atoms with van der Waals surface area (Å²) in [4.78, 5) is 30.7. The average Bonchev–Trinajstić information content (AvgIpc) is 2.68. The molecule has 3 heterocycles. The normalized spacial score (nSPS) is 19.5. The summed E-state index contributed by atoms with van der Waals surface area (Å²) >= 11 is 0. The molecule has 0 bridgehead atoms. The van der Waals surface area contributed by atoms with E-state index in [2.05, 4.69) is 40.6 Å². The number of nitrogens with zero attached hydrogens (tertiary/aromatic N) is 4.